The minimum Gasteiger partial charge on any atom is -0.379 e. The number of aromatic nitrogens is 2. The lowest BCUT2D eigenvalue weighted by Crippen LogP contribution is -2.39. The molecule has 2 aromatic carbocycles. The molecule has 9 heteroatoms. The number of amides is 1. The molecule has 30 heavy (non-hydrogen) atoms. The van der Waals surface area contributed by atoms with E-state index in [1.165, 1.54) is 12.1 Å². The predicted molar refractivity (Wildman–Crippen MR) is 118 cm³/mol. The second kappa shape index (κ2) is 9.14. The molecule has 1 aliphatic heterocycles. The monoisotopic (exact) mass is 446 g/mol. The maximum atomic E-state index is 13.1. The van der Waals surface area contributed by atoms with Gasteiger partial charge in [0.05, 0.1) is 34.3 Å². The first-order chi connectivity index (χ1) is 14.5. The van der Waals surface area contributed by atoms with Crippen molar-refractivity contribution >= 4 is 46.0 Å². The van der Waals surface area contributed by atoms with E-state index < -0.39 is 5.91 Å². The molecule has 156 valence electrons. The van der Waals surface area contributed by atoms with Crippen molar-refractivity contribution in [1.29, 1.82) is 0 Å². The average Bonchev–Trinajstić information content (AvgIpc) is 2.76. The van der Waals surface area contributed by atoms with Gasteiger partial charge in [-0.3, -0.25) is 14.5 Å². The lowest BCUT2D eigenvalue weighted by molar-refractivity contribution is 0.0364. The molecule has 0 radical (unpaired) electrons. The van der Waals surface area contributed by atoms with Crippen LogP contribution in [0.2, 0.25) is 10.0 Å². The van der Waals surface area contributed by atoms with E-state index in [0.717, 1.165) is 18.6 Å². The van der Waals surface area contributed by atoms with E-state index in [1.54, 1.807) is 10.6 Å². The van der Waals surface area contributed by atoms with Crippen LogP contribution < -0.4 is 10.9 Å². The molecular weight excluding hydrogens is 427 g/mol. The maximum absolute atomic E-state index is 13.1. The molecule has 1 amide bonds. The molecule has 4 rings (SSSR count). The number of hydrogen-bond acceptors (Lipinski definition) is 5. The fraction of sp³-hybridized carbons (Fsp3) is 0.286. The van der Waals surface area contributed by atoms with Gasteiger partial charge in [0.25, 0.3) is 11.5 Å². The quantitative estimate of drug-likeness (QED) is 0.650. The van der Waals surface area contributed by atoms with Gasteiger partial charge >= 0.3 is 0 Å². The number of carbonyl (C=O) groups excluding carboxylic acids is 1. The van der Waals surface area contributed by atoms with Gasteiger partial charge in [0.15, 0.2) is 5.82 Å². The molecule has 0 atom stereocenters. The Morgan fingerprint density at radius 1 is 1.07 bits per heavy atom. The third-order valence-corrected chi connectivity index (χ3v) is 5.75. The van der Waals surface area contributed by atoms with Gasteiger partial charge in [-0.25, -0.2) is 4.98 Å². The third-order valence-electron chi connectivity index (χ3n) is 5.01. The van der Waals surface area contributed by atoms with E-state index in [4.69, 9.17) is 27.9 Å². The van der Waals surface area contributed by atoms with Gasteiger partial charge in [-0.05, 0) is 30.3 Å². The Morgan fingerprint density at radius 2 is 1.83 bits per heavy atom. The molecule has 1 fully saturated rings. The average molecular weight is 447 g/mol. The number of para-hydroxylation sites is 2. The van der Waals surface area contributed by atoms with Crippen molar-refractivity contribution in [2.45, 2.75) is 6.54 Å². The summed E-state index contributed by atoms with van der Waals surface area (Å²) in [7, 11) is 0. The van der Waals surface area contributed by atoms with Gasteiger partial charge in [-0.2, -0.15) is 0 Å². The van der Waals surface area contributed by atoms with E-state index in [1.807, 2.05) is 24.3 Å². The molecule has 1 saturated heterocycles. The normalized spacial score (nSPS) is 14.7. The van der Waals surface area contributed by atoms with Crippen molar-refractivity contribution in [3.05, 3.63) is 68.4 Å². The summed E-state index contributed by atoms with van der Waals surface area (Å²) in [5, 5.41) is 3.24. The number of morpholine rings is 1. The molecule has 0 bridgehead atoms. The maximum Gasteiger partial charge on any atom is 0.294 e. The molecule has 1 aromatic heterocycles. The minimum absolute atomic E-state index is 0.0215. The van der Waals surface area contributed by atoms with Gasteiger partial charge < -0.3 is 14.6 Å². The number of nitrogens with one attached hydrogen (secondary N) is 1. The second-order valence-electron chi connectivity index (χ2n) is 6.94. The molecule has 0 spiro atoms. The highest BCUT2D eigenvalue weighted by molar-refractivity contribution is 6.42. The predicted octanol–water partition coefficient (Wildman–Crippen LogP) is 3.29. The molecule has 1 N–H and O–H groups in total. The summed E-state index contributed by atoms with van der Waals surface area (Å²) in [4.78, 5) is 32.4. The number of anilines is 1. The molecule has 7 nitrogen and oxygen atoms in total. The van der Waals surface area contributed by atoms with E-state index in [-0.39, 0.29) is 16.4 Å². The first-order valence-corrected chi connectivity index (χ1v) is 10.3. The number of fused-ring (bicyclic) bond motifs is 1. The molecule has 0 unspecified atom stereocenters. The number of ether oxygens (including phenoxy) is 1. The van der Waals surface area contributed by atoms with Gasteiger partial charge in [-0.1, -0.05) is 35.3 Å². The molecule has 2 heterocycles. The number of rotatable bonds is 5. The number of carbonyl (C=O) groups is 1. The summed E-state index contributed by atoms with van der Waals surface area (Å²) in [6, 6.07) is 11.9. The summed E-state index contributed by atoms with van der Waals surface area (Å²) in [6.07, 6.45) is 0. The minimum atomic E-state index is -0.479. The number of hydrogen-bond donors (Lipinski definition) is 1. The fourth-order valence-electron chi connectivity index (χ4n) is 3.38. The van der Waals surface area contributed by atoms with Gasteiger partial charge in [-0.15, -0.1) is 0 Å². The van der Waals surface area contributed by atoms with Gasteiger partial charge in [0.2, 0.25) is 0 Å². The van der Waals surface area contributed by atoms with E-state index >= 15 is 0 Å². The van der Waals surface area contributed by atoms with Crippen molar-refractivity contribution in [3.63, 3.8) is 0 Å². The SMILES string of the molecule is O=C(Nc1nc2ccccc2n(CCN2CCOCC2)c1=O)c1ccc(Cl)c(Cl)c1. The van der Waals surface area contributed by atoms with Crippen molar-refractivity contribution < 1.29 is 9.53 Å². The standard InChI is InChI=1S/C21H20Cl2N4O3/c22-15-6-5-14(13-16(15)23)20(28)25-19-21(29)27(8-7-26-9-11-30-12-10-26)18-4-2-1-3-17(18)24-19/h1-6,13H,7-12H2,(H,24,25,28). The molecule has 0 aliphatic carbocycles. The summed E-state index contributed by atoms with van der Waals surface area (Å²) < 4.78 is 7.04. The van der Waals surface area contributed by atoms with Crippen molar-refractivity contribution in [2.75, 3.05) is 38.2 Å². The fourth-order valence-corrected chi connectivity index (χ4v) is 3.68. The molecular formula is C21H20Cl2N4O3. The zero-order chi connectivity index (χ0) is 21.1. The van der Waals surface area contributed by atoms with Crippen LogP contribution in [0, 0.1) is 0 Å². The van der Waals surface area contributed by atoms with Crippen molar-refractivity contribution in [3.8, 4) is 0 Å². The molecule has 0 saturated carbocycles. The van der Waals surface area contributed by atoms with Crippen LogP contribution in [-0.2, 0) is 11.3 Å². The number of benzene rings is 2. The van der Waals surface area contributed by atoms with E-state index in [2.05, 4.69) is 15.2 Å². The van der Waals surface area contributed by atoms with Crippen LogP contribution in [-0.4, -0.2) is 53.2 Å². The summed E-state index contributed by atoms with van der Waals surface area (Å²) in [5.41, 5.74) is 1.29. The van der Waals surface area contributed by atoms with E-state index in [9.17, 15) is 9.59 Å². The summed E-state index contributed by atoms with van der Waals surface area (Å²) in [5.74, 6) is -0.500. The highest BCUT2D eigenvalue weighted by Crippen LogP contribution is 2.23. The van der Waals surface area contributed by atoms with Crippen LogP contribution in [0.5, 0.6) is 0 Å². The van der Waals surface area contributed by atoms with Crippen LogP contribution in [0.25, 0.3) is 11.0 Å². The first kappa shape index (κ1) is 20.8. The topological polar surface area (TPSA) is 76.5 Å². The highest BCUT2D eigenvalue weighted by Gasteiger charge is 2.17. The molecule has 1 aliphatic rings. The second-order valence-corrected chi connectivity index (χ2v) is 7.76. The summed E-state index contributed by atoms with van der Waals surface area (Å²) >= 11 is 11.9. The number of nitrogens with zero attached hydrogens (tertiary/aromatic N) is 3. The Hall–Kier alpha value is -2.45. The zero-order valence-corrected chi connectivity index (χ0v) is 17.6. The van der Waals surface area contributed by atoms with Gasteiger partial charge in [0.1, 0.15) is 0 Å². The Bertz CT molecular complexity index is 1140. The lowest BCUT2D eigenvalue weighted by Gasteiger charge is -2.27. The third kappa shape index (κ3) is 4.49. The Balaban J connectivity index is 1.64. The van der Waals surface area contributed by atoms with Crippen LogP contribution in [0.4, 0.5) is 5.82 Å². The van der Waals surface area contributed by atoms with Gasteiger partial charge in [0, 0.05) is 31.7 Å². The summed E-state index contributed by atoms with van der Waals surface area (Å²) in [6.45, 7) is 4.24. The van der Waals surface area contributed by atoms with Crippen molar-refractivity contribution in [1.82, 2.24) is 14.5 Å². The smallest absolute Gasteiger partial charge is 0.294 e. The van der Waals surface area contributed by atoms with E-state index in [0.29, 0.717) is 42.4 Å². The largest absolute Gasteiger partial charge is 0.379 e. The van der Waals surface area contributed by atoms with Crippen LogP contribution in [0.1, 0.15) is 10.4 Å². The molecule has 3 aromatic rings. The zero-order valence-electron chi connectivity index (χ0n) is 16.1. The Labute approximate surface area is 183 Å². The first-order valence-electron chi connectivity index (χ1n) is 9.59. The Morgan fingerprint density at radius 3 is 2.60 bits per heavy atom. The number of halogens is 2. The van der Waals surface area contributed by atoms with Crippen molar-refractivity contribution in [2.24, 2.45) is 0 Å². The lowest BCUT2D eigenvalue weighted by atomic mass is 10.2. The Kier molecular flexibility index (Phi) is 6.34. The van der Waals surface area contributed by atoms with Crippen LogP contribution >= 0.6 is 23.2 Å². The van der Waals surface area contributed by atoms with Crippen LogP contribution in [0.15, 0.2) is 47.3 Å². The van der Waals surface area contributed by atoms with Crippen LogP contribution in [0.3, 0.4) is 0 Å². The highest BCUT2D eigenvalue weighted by atomic mass is 35.5.